The fraction of sp³-hybridized carbons (Fsp3) is 0.235. The SMILES string of the molecule is Nc1ccc(C(=O)Cc2ccc3c(c2)CCC3)cc1. The molecule has 0 spiro atoms. The van der Waals surface area contributed by atoms with Crippen molar-refractivity contribution in [1.29, 1.82) is 0 Å². The maximum atomic E-state index is 12.2. The molecular weight excluding hydrogens is 234 g/mol. The van der Waals surface area contributed by atoms with Crippen LogP contribution in [0, 0.1) is 0 Å². The van der Waals surface area contributed by atoms with Crippen LogP contribution in [-0.4, -0.2) is 5.78 Å². The number of hydrogen-bond donors (Lipinski definition) is 1. The van der Waals surface area contributed by atoms with Crippen molar-refractivity contribution in [2.45, 2.75) is 25.7 Å². The Morgan fingerprint density at radius 1 is 1.00 bits per heavy atom. The van der Waals surface area contributed by atoms with Gasteiger partial charge in [0.05, 0.1) is 0 Å². The van der Waals surface area contributed by atoms with E-state index in [1.54, 1.807) is 24.3 Å². The third-order valence-corrected chi connectivity index (χ3v) is 3.76. The Morgan fingerprint density at radius 3 is 2.53 bits per heavy atom. The largest absolute Gasteiger partial charge is 0.399 e. The van der Waals surface area contributed by atoms with E-state index < -0.39 is 0 Å². The minimum atomic E-state index is 0.151. The van der Waals surface area contributed by atoms with Gasteiger partial charge in [0.15, 0.2) is 5.78 Å². The molecule has 0 aliphatic heterocycles. The number of Topliss-reactive ketones (excluding diaryl/α,β-unsaturated/α-hetero) is 1. The number of ketones is 1. The number of carbonyl (C=O) groups excluding carboxylic acids is 1. The van der Waals surface area contributed by atoms with Crippen molar-refractivity contribution < 1.29 is 4.79 Å². The van der Waals surface area contributed by atoms with E-state index in [0.717, 1.165) is 17.5 Å². The molecule has 0 amide bonds. The zero-order valence-electron chi connectivity index (χ0n) is 10.9. The predicted molar refractivity (Wildman–Crippen MR) is 77.4 cm³/mol. The first-order chi connectivity index (χ1) is 9.22. The number of aryl methyl sites for hydroxylation is 2. The summed E-state index contributed by atoms with van der Waals surface area (Å²) in [5.74, 6) is 0.151. The smallest absolute Gasteiger partial charge is 0.167 e. The molecule has 2 heteroatoms. The summed E-state index contributed by atoms with van der Waals surface area (Å²) in [7, 11) is 0. The van der Waals surface area contributed by atoms with Crippen molar-refractivity contribution in [3.63, 3.8) is 0 Å². The van der Waals surface area contributed by atoms with Crippen molar-refractivity contribution >= 4 is 11.5 Å². The minimum Gasteiger partial charge on any atom is -0.399 e. The summed E-state index contributed by atoms with van der Waals surface area (Å²) in [5.41, 5.74) is 11.0. The summed E-state index contributed by atoms with van der Waals surface area (Å²) in [6.45, 7) is 0. The van der Waals surface area contributed by atoms with E-state index in [1.165, 1.54) is 24.0 Å². The summed E-state index contributed by atoms with van der Waals surface area (Å²) in [6, 6.07) is 13.6. The lowest BCUT2D eigenvalue weighted by atomic mass is 9.99. The zero-order valence-corrected chi connectivity index (χ0v) is 10.9. The van der Waals surface area contributed by atoms with Gasteiger partial charge in [-0.2, -0.15) is 0 Å². The van der Waals surface area contributed by atoms with E-state index in [-0.39, 0.29) is 5.78 Å². The van der Waals surface area contributed by atoms with Crippen LogP contribution >= 0.6 is 0 Å². The Labute approximate surface area is 113 Å². The van der Waals surface area contributed by atoms with Crippen molar-refractivity contribution in [1.82, 2.24) is 0 Å². The highest BCUT2D eigenvalue weighted by atomic mass is 16.1. The number of nitrogen functional groups attached to an aromatic ring is 1. The normalized spacial score (nSPS) is 13.3. The topological polar surface area (TPSA) is 43.1 Å². The molecule has 0 saturated heterocycles. The summed E-state index contributed by atoms with van der Waals surface area (Å²) in [5, 5.41) is 0. The van der Waals surface area contributed by atoms with E-state index in [4.69, 9.17) is 5.73 Å². The van der Waals surface area contributed by atoms with E-state index in [9.17, 15) is 4.79 Å². The highest BCUT2D eigenvalue weighted by Crippen LogP contribution is 2.23. The van der Waals surface area contributed by atoms with Gasteiger partial charge >= 0.3 is 0 Å². The second kappa shape index (κ2) is 4.88. The monoisotopic (exact) mass is 251 g/mol. The number of hydrogen-bond acceptors (Lipinski definition) is 2. The van der Waals surface area contributed by atoms with Gasteiger partial charge in [-0.05, 0) is 60.2 Å². The molecule has 19 heavy (non-hydrogen) atoms. The van der Waals surface area contributed by atoms with Gasteiger partial charge in [-0.1, -0.05) is 18.2 Å². The third-order valence-electron chi connectivity index (χ3n) is 3.76. The first kappa shape index (κ1) is 12.0. The van der Waals surface area contributed by atoms with Gasteiger partial charge in [-0.25, -0.2) is 0 Å². The van der Waals surface area contributed by atoms with Gasteiger partial charge in [0.2, 0.25) is 0 Å². The molecule has 2 N–H and O–H groups in total. The standard InChI is InChI=1S/C17H17NO/c18-16-8-6-14(7-9-16)17(19)11-12-4-5-13-2-1-3-15(13)10-12/h4-10H,1-3,11,18H2. The van der Waals surface area contributed by atoms with Gasteiger partial charge in [-0.3, -0.25) is 4.79 Å². The number of rotatable bonds is 3. The lowest BCUT2D eigenvalue weighted by Crippen LogP contribution is -2.04. The lowest BCUT2D eigenvalue weighted by molar-refractivity contribution is 0.0993. The first-order valence-corrected chi connectivity index (χ1v) is 6.72. The Bertz CT molecular complexity index is 614. The van der Waals surface area contributed by atoms with Crippen LogP contribution in [0.3, 0.4) is 0 Å². The highest BCUT2D eigenvalue weighted by molar-refractivity contribution is 5.97. The molecule has 2 aromatic rings. The van der Waals surface area contributed by atoms with Gasteiger partial charge in [0.25, 0.3) is 0 Å². The third kappa shape index (κ3) is 2.53. The van der Waals surface area contributed by atoms with Crippen molar-refractivity contribution in [2.24, 2.45) is 0 Å². The molecular formula is C17H17NO. The van der Waals surface area contributed by atoms with E-state index >= 15 is 0 Å². The number of benzene rings is 2. The molecule has 2 nitrogen and oxygen atoms in total. The molecule has 0 radical (unpaired) electrons. The van der Waals surface area contributed by atoms with E-state index in [1.807, 2.05) is 0 Å². The quantitative estimate of drug-likeness (QED) is 0.672. The number of fused-ring (bicyclic) bond motifs is 1. The van der Waals surface area contributed by atoms with Crippen LogP contribution < -0.4 is 5.73 Å². The fourth-order valence-electron chi connectivity index (χ4n) is 2.69. The second-order valence-electron chi connectivity index (χ2n) is 5.18. The molecule has 0 bridgehead atoms. The van der Waals surface area contributed by atoms with Gasteiger partial charge in [0.1, 0.15) is 0 Å². The van der Waals surface area contributed by atoms with Crippen molar-refractivity contribution in [3.8, 4) is 0 Å². The summed E-state index contributed by atoms with van der Waals surface area (Å²) < 4.78 is 0. The highest BCUT2D eigenvalue weighted by Gasteiger charge is 2.12. The van der Waals surface area contributed by atoms with Gasteiger partial charge < -0.3 is 5.73 Å². The fourth-order valence-corrected chi connectivity index (χ4v) is 2.69. The van der Waals surface area contributed by atoms with Crippen LogP contribution in [0.1, 0.15) is 33.5 Å². The number of nitrogens with two attached hydrogens (primary N) is 1. The van der Waals surface area contributed by atoms with Crippen LogP contribution in [0.2, 0.25) is 0 Å². The van der Waals surface area contributed by atoms with Crippen LogP contribution in [0.5, 0.6) is 0 Å². The molecule has 2 aromatic carbocycles. The minimum absolute atomic E-state index is 0.151. The molecule has 0 saturated carbocycles. The average molecular weight is 251 g/mol. The summed E-state index contributed by atoms with van der Waals surface area (Å²) >= 11 is 0. The molecule has 3 rings (SSSR count). The Kier molecular flexibility index (Phi) is 3.08. The van der Waals surface area contributed by atoms with Crippen LogP contribution in [0.15, 0.2) is 42.5 Å². The van der Waals surface area contributed by atoms with Crippen molar-refractivity contribution in [3.05, 3.63) is 64.7 Å². The molecule has 1 aliphatic carbocycles. The Balaban J connectivity index is 1.77. The number of anilines is 1. The first-order valence-electron chi connectivity index (χ1n) is 6.72. The maximum absolute atomic E-state index is 12.2. The molecule has 0 fully saturated rings. The summed E-state index contributed by atoms with van der Waals surface area (Å²) in [6.07, 6.45) is 4.04. The molecule has 0 heterocycles. The zero-order chi connectivity index (χ0) is 13.2. The Morgan fingerprint density at radius 2 is 1.74 bits per heavy atom. The van der Waals surface area contributed by atoms with Crippen LogP contribution in [0.25, 0.3) is 0 Å². The Hall–Kier alpha value is -2.09. The maximum Gasteiger partial charge on any atom is 0.167 e. The van der Waals surface area contributed by atoms with Crippen LogP contribution in [0.4, 0.5) is 5.69 Å². The molecule has 0 unspecified atom stereocenters. The van der Waals surface area contributed by atoms with Crippen molar-refractivity contribution in [2.75, 3.05) is 5.73 Å². The second-order valence-corrected chi connectivity index (χ2v) is 5.18. The molecule has 0 atom stereocenters. The number of carbonyl (C=O) groups is 1. The lowest BCUT2D eigenvalue weighted by Gasteiger charge is -2.05. The van der Waals surface area contributed by atoms with Crippen LogP contribution in [-0.2, 0) is 19.3 Å². The average Bonchev–Trinajstić information content (AvgIpc) is 2.87. The van der Waals surface area contributed by atoms with E-state index in [2.05, 4.69) is 18.2 Å². The van der Waals surface area contributed by atoms with Gasteiger partial charge in [-0.15, -0.1) is 0 Å². The van der Waals surface area contributed by atoms with E-state index in [0.29, 0.717) is 12.1 Å². The van der Waals surface area contributed by atoms with Gasteiger partial charge in [0, 0.05) is 17.7 Å². The molecule has 96 valence electrons. The predicted octanol–water partition coefficient (Wildman–Crippen LogP) is 3.18. The summed E-state index contributed by atoms with van der Waals surface area (Å²) in [4.78, 5) is 12.2. The molecule has 0 aromatic heterocycles. The molecule has 1 aliphatic rings.